The normalized spacial score (nSPS) is 11.6. The minimum absolute atomic E-state index is 0.482. The predicted octanol–water partition coefficient (Wildman–Crippen LogP) is 3.66. The summed E-state index contributed by atoms with van der Waals surface area (Å²) in [5.41, 5.74) is 3.92. The maximum Gasteiger partial charge on any atom is 0.158 e. The van der Waals surface area contributed by atoms with Gasteiger partial charge in [-0.3, -0.25) is 10.4 Å². The van der Waals surface area contributed by atoms with Crippen molar-refractivity contribution in [3.8, 4) is 0 Å². The second-order valence-electron chi connectivity index (χ2n) is 4.90. The lowest BCUT2D eigenvalue weighted by Crippen LogP contribution is -1.94. The topological polar surface area (TPSA) is 63.1 Å². The highest BCUT2D eigenvalue weighted by Crippen LogP contribution is 2.32. The van der Waals surface area contributed by atoms with E-state index in [0.29, 0.717) is 5.92 Å². The van der Waals surface area contributed by atoms with Crippen LogP contribution >= 0.6 is 11.3 Å². The van der Waals surface area contributed by atoms with Gasteiger partial charge in [0.2, 0.25) is 0 Å². The maximum absolute atomic E-state index is 4.32. The summed E-state index contributed by atoms with van der Waals surface area (Å²) in [6.45, 7) is 4.34. The third-order valence-electron chi connectivity index (χ3n) is 2.99. The molecule has 0 aliphatic carbocycles. The molecule has 3 aromatic rings. The highest BCUT2D eigenvalue weighted by Gasteiger charge is 2.10. The van der Waals surface area contributed by atoms with E-state index >= 15 is 0 Å². The first kappa shape index (κ1) is 13.6. The van der Waals surface area contributed by atoms with E-state index in [-0.39, 0.29) is 0 Å². The second kappa shape index (κ2) is 5.97. The molecule has 0 aromatic carbocycles. The molecule has 1 N–H and O–H groups in total. The zero-order valence-corrected chi connectivity index (χ0v) is 12.6. The Bertz CT molecular complexity index is 764. The Morgan fingerprint density at radius 2 is 2.24 bits per heavy atom. The summed E-state index contributed by atoms with van der Waals surface area (Å²) < 4.78 is 0. The smallest absolute Gasteiger partial charge is 0.158 e. The van der Waals surface area contributed by atoms with Crippen LogP contribution in [0.15, 0.2) is 42.0 Å². The number of pyridine rings is 1. The summed E-state index contributed by atoms with van der Waals surface area (Å²) >= 11 is 1.70. The lowest BCUT2D eigenvalue weighted by atomic mass is 10.2. The number of aromatic nitrogens is 3. The Hall–Kier alpha value is -2.34. The van der Waals surface area contributed by atoms with Crippen molar-refractivity contribution in [1.29, 1.82) is 0 Å². The van der Waals surface area contributed by atoms with Crippen LogP contribution in [-0.4, -0.2) is 21.2 Å². The molecule has 3 aromatic heterocycles. The fourth-order valence-electron chi connectivity index (χ4n) is 1.87. The maximum atomic E-state index is 4.32. The molecule has 5 nitrogen and oxygen atoms in total. The Morgan fingerprint density at radius 1 is 1.33 bits per heavy atom. The molecule has 6 heteroatoms. The van der Waals surface area contributed by atoms with E-state index in [1.807, 2.05) is 12.1 Å². The second-order valence-corrected chi connectivity index (χ2v) is 5.96. The number of hydrazone groups is 1. The van der Waals surface area contributed by atoms with Crippen molar-refractivity contribution in [2.24, 2.45) is 5.10 Å². The van der Waals surface area contributed by atoms with Crippen LogP contribution in [0.1, 0.15) is 30.2 Å². The van der Waals surface area contributed by atoms with Crippen LogP contribution in [0.25, 0.3) is 10.2 Å². The number of nitrogens with zero attached hydrogens (tertiary/aromatic N) is 4. The van der Waals surface area contributed by atoms with Gasteiger partial charge in [0.1, 0.15) is 11.2 Å². The van der Waals surface area contributed by atoms with E-state index in [2.05, 4.69) is 45.4 Å². The first-order valence-electron chi connectivity index (χ1n) is 6.67. The zero-order chi connectivity index (χ0) is 14.7. The lowest BCUT2D eigenvalue weighted by Gasteiger charge is -1.99. The molecule has 0 saturated carbocycles. The van der Waals surface area contributed by atoms with Gasteiger partial charge in [-0.1, -0.05) is 19.9 Å². The molecule has 0 spiro atoms. The average Bonchev–Trinajstić information content (AvgIpc) is 2.94. The molecule has 3 heterocycles. The third-order valence-corrected chi connectivity index (χ3v) is 4.33. The van der Waals surface area contributed by atoms with E-state index < -0.39 is 0 Å². The van der Waals surface area contributed by atoms with E-state index in [0.717, 1.165) is 21.6 Å². The van der Waals surface area contributed by atoms with Gasteiger partial charge in [0, 0.05) is 22.8 Å². The molecule has 0 amide bonds. The Labute approximate surface area is 126 Å². The van der Waals surface area contributed by atoms with Crippen molar-refractivity contribution < 1.29 is 0 Å². The van der Waals surface area contributed by atoms with Crippen molar-refractivity contribution in [2.45, 2.75) is 19.8 Å². The van der Waals surface area contributed by atoms with Crippen molar-refractivity contribution >= 4 is 33.6 Å². The number of hydrogen-bond acceptors (Lipinski definition) is 6. The molecular weight excluding hydrogens is 282 g/mol. The molecule has 0 atom stereocenters. The van der Waals surface area contributed by atoms with Crippen molar-refractivity contribution in [3.63, 3.8) is 0 Å². The number of hydrogen-bond donors (Lipinski definition) is 1. The van der Waals surface area contributed by atoms with Crippen molar-refractivity contribution in [2.75, 3.05) is 5.43 Å². The van der Waals surface area contributed by atoms with Crippen molar-refractivity contribution in [3.05, 3.63) is 47.4 Å². The quantitative estimate of drug-likeness (QED) is 0.589. The van der Waals surface area contributed by atoms with E-state index in [1.54, 1.807) is 36.3 Å². The number of anilines is 1. The molecule has 3 rings (SSSR count). The molecule has 0 aliphatic heterocycles. The average molecular weight is 297 g/mol. The molecule has 0 fully saturated rings. The summed E-state index contributed by atoms with van der Waals surface area (Å²) in [5, 5.41) is 5.22. The Balaban J connectivity index is 1.85. The molecule has 0 unspecified atom stereocenters. The minimum atomic E-state index is 0.482. The number of thiophene rings is 1. The molecule has 0 saturated heterocycles. The van der Waals surface area contributed by atoms with Gasteiger partial charge in [0.25, 0.3) is 0 Å². The fourth-order valence-corrected chi connectivity index (χ4v) is 2.87. The molecular formula is C15H15N5S. The first-order valence-corrected chi connectivity index (χ1v) is 7.49. The number of nitrogens with one attached hydrogen (secondary N) is 1. The van der Waals surface area contributed by atoms with Gasteiger partial charge in [-0.25, -0.2) is 9.97 Å². The van der Waals surface area contributed by atoms with E-state index in [4.69, 9.17) is 0 Å². The summed E-state index contributed by atoms with van der Waals surface area (Å²) in [7, 11) is 0. The standard InChI is InChI=1S/C15H15N5S/c1-10(2)13-6-12-14(17-9-18-15(12)21-13)20-19-8-11-4-3-5-16-7-11/h3-10H,1-2H3,(H,17,18,20)/b19-8-. The largest absolute Gasteiger partial charge is 0.264 e. The SMILES string of the molecule is CC(C)c1cc2c(N/N=C\c3cccnc3)ncnc2s1. The Morgan fingerprint density at radius 3 is 3.00 bits per heavy atom. The van der Waals surface area contributed by atoms with Crippen LogP contribution in [0.4, 0.5) is 5.82 Å². The zero-order valence-electron chi connectivity index (χ0n) is 11.8. The van der Waals surface area contributed by atoms with Crippen LogP contribution in [0.5, 0.6) is 0 Å². The third kappa shape index (κ3) is 3.05. The van der Waals surface area contributed by atoms with Crippen LogP contribution in [0.2, 0.25) is 0 Å². The van der Waals surface area contributed by atoms with Gasteiger partial charge in [-0.2, -0.15) is 5.10 Å². The minimum Gasteiger partial charge on any atom is -0.264 e. The molecule has 21 heavy (non-hydrogen) atoms. The molecule has 0 aliphatic rings. The number of rotatable bonds is 4. The monoisotopic (exact) mass is 297 g/mol. The summed E-state index contributed by atoms with van der Waals surface area (Å²) in [6.07, 6.45) is 6.77. The van der Waals surface area contributed by atoms with E-state index in [1.165, 1.54) is 4.88 Å². The van der Waals surface area contributed by atoms with Crippen LogP contribution < -0.4 is 5.43 Å². The van der Waals surface area contributed by atoms with E-state index in [9.17, 15) is 0 Å². The lowest BCUT2D eigenvalue weighted by molar-refractivity contribution is 0.890. The highest BCUT2D eigenvalue weighted by molar-refractivity contribution is 7.18. The summed E-state index contributed by atoms with van der Waals surface area (Å²) in [6, 6.07) is 5.94. The van der Waals surface area contributed by atoms with Gasteiger partial charge < -0.3 is 0 Å². The Kier molecular flexibility index (Phi) is 3.87. The summed E-state index contributed by atoms with van der Waals surface area (Å²) in [4.78, 5) is 14.9. The van der Waals surface area contributed by atoms with Crippen molar-refractivity contribution in [1.82, 2.24) is 15.0 Å². The van der Waals surface area contributed by atoms with Crippen LogP contribution in [0, 0.1) is 0 Å². The highest BCUT2D eigenvalue weighted by atomic mass is 32.1. The van der Waals surface area contributed by atoms with Crippen LogP contribution in [0.3, 0.4) is 0 Å². The molecule has 0 bridgehead atoms. The summed E-state index contributed by atoms with van der Waals surface area (Å²) in [5.74, 6) is 1.21. The van der Waals surface area contributed by atoms with Gasteiger partial charge in [-0.05, 0) is 18.1 Å². The van der Waals surface area contributed by atoms with Crippen LogP contribution in [-0.2, 0) is 0 Å². The van der Waals surface area contributed by atoms with Gasteiger partial charge in [0.05, 0.1) is 11.6 Å². The molecule has 0 radical (unpaired) electrons. The number of fused-ring (bicyclic) bond motifs is 1. The van der Waals surface area contributed by atoms with Gasteiger partial charge in [0.15, 0.2) is 5.82 Å². The molecule has 106 valence electrons. The van der Waals surface area contributed by atoms with Gasteiger partial charge in [-0.15, -0.1) is 11.3 Å². The fraction of sp³-hybridized carbons (Fsp3) is 0.200. The predicted molar refractivity (Wildman–Crippen MR) is 87.0 cm³/mol. The first-order chi connectivity index (χ1) is 10.2. The van der Waals surface area contributed by atoms with Gasteiger partial charge >= 0.3 is 0 Å².